The molecule has 0 unspecified atom stereocenters. The number of amides is 1. The Hall–Kier alpha value is -1.55. The van der Waals surface area contributed by atoms with Crippen molar-refractivity contribution in [2.24, 2.45) is 11.8 Å². The third-order valence-corrected chi connectivity index (χ3v) is 5.06. The van der Waals surface area contributed by atoms with Gasteiger partial charge in [-0.15, -0.1) is 0 Å². The van der Waals surface area contributed by atoms with Crippen molar-refractivity contribution in [1.82, 2.24) is 9.80 Å². The molecule has 2 heterocycles. The van der Waals surface area contributed by atoms with E-state index in [4.69, 9.17) is 4.74 Å². The first-order valence-electron chi connectivity index (χ1n) is 8.30. The number of nitrogens with zero attached hydrogens (tertiary/aromatic N) is 2. The van der Waals surface area contributed by atoms with Crippen molar-refractivity contribution < 1.29 is 9.53 Å². The molecule has 0 bridgehead atoms. The van der Waals surface area contributed by atoms with Crippen molar-refractivity contribution in [2.45, 2.75) is 25.8 Å². The molecule has 0 aliphatic carbocycles. The van der Waals surface area contributed by atoms with E-state index in [0.29, 0.717) is 24.5 Å². The van der Waals surface area contributed by atoms with Crippen LogP contribution in [0.15, 0.2) is 30.3 Å². The molecule has 2 aliphatic heterocycles. The van der Waals surface area contributed by atoms with E-state index in [1.807, 2.05) is 35.2 Å². The number of carbonyl (C=O) groups is 1. The van der Waals surface area contributed by atoms with Gasteiger partial charge in [0.15, 0.2) is 0 Å². The van der Waals surface area contributed by atoms with Gasteiger partial charge in [-0.3, -0.25) is 4.79 Å². The van der Waals surface area contributed by atoms with E-state index >= 15 is 0 Å². The zero-order valence-corrected chi connectivity index (χ0v) is 13.6. The van der Waals surface area contributed by atoms with Gasteiger partial charge in [0.1, 0.15) is 5.75 Å². The summed E-state index contributed by atoms with van der Waals surface area (Å²) in [5.41, 5.74) is 0. The molecular formula is C18H26N2O2. The molecule has 1 aromatic carbocycles. The summed E-state index contributed by atoms with van der Waals surface area (Å²) in [6.45, 7) is 5.66. The summed E-state index contributed by atoms with van der Waals surface area (Å²) in [6.07, 6.45) is 2.00. The number of hydrogen-bond acceptors (Lipinski definition) is 3. The van der Waals surface area contributed by atoms with Crippen LogP contribution in [0.1, 0.15) is 19.8 Å². The second-order valence-corrected chi connectivity index (χ2v) is 6.78. The second kappa shape index (κ2) is 6.69. The number of piperidine rings is 1. The van der Waals surface area contributed by atoms with Crippen LogP contribution in [0.25, 0.3) is 0 Å². The molecule has 1 amide bonds. The smallest absolute Gasteiger partial charge is 0.225 e. The summed E-state index contributed by atoms with van der Waals surface area (Å²) in [5, 5.41) is 0. The molecule has 4 nitrogen and oxygen atoms in total. The first-order chi connectivity index (χ1) is 10.6. The van der Waals surface area contributed by atoms with E-state index in [9.17, 15) is 4.79 Å². The van der Waals surface area contributed by atoms with Crippen LogP contribution in [0.4, 0.5) is 0 Å². The van der Waals surface area contributed by atoms with Crippen LogP contribution in [0, 0.1) is 11.8 Å². The standard InChI is InChI=1S/C18H26N2O2/c1-14-10-16(8-9-19(14)2)18(21)20-11-15(12-20)13-22-17-6-4-3-5-7-17/h3-7,14-16H,8-13H2,1-2H3/t14-,16-/m1/s1. The molecule has 22 heavy (non-hydrogen) atoms. The third kappa shape index (κ3) is 3.43. The van der Waals surface area contributed by atoms with Gasteiger partial charge in [0.05, 0.1) is 6.61 Å². The lowest BCUT2D eigenvalue weighted by atomic mass is 9.88. The highest BCUT2D eigenvalue weighted by Gasteiger charge is 2.37. The minimum atomic E-state index is 0.224. The van der Waals surface area contributed by atoms with E-state index in [0.717, 1.165) is 38.2 Å². The Morgan fingerprint density at radius 2 is 2.00 bits per heavy atom. The molecule has 0 aromatic heterocycles. The Balaban J connectivity index is 1.40. The highest BCUT2D eigenvalue weighted by atomic mass is 16.5. The van der Waals surface area contributed by atoms with E-state index in [-0.39, 0.29) is 5.92 Å². The first-order valence-corrected chi connectivity index (χ1v) is 8.30. The number of carbonyl (C=O) groups excluding carboxylic acids is 1. The number of likely N-dealkylation sites (tertiary alicyclic amines) is 2. The third-order valence-electron chi connectivity index (χ3n) is 5.06. The molecule has 2 atom stereocenters. The predicted octanol–water partition coefficient (Wildman–Crippen LogP) is 2.25. The summed E-state index contributed by atoms with van der Waals surface area (Å²) in [7, 11) is 2.14. The van der Waals surface area contributed by atoms with Crippen molar-refractivity contribution in [2.75, 3.05) is 33.3 Å². The van der Waals surface area contributed by atoms with Gasteiger partial charge < -0.3 is 14.5 Å². The highest BCUT2D eigenvalue weighted by Crippen LogP contribution is 2.27. The summed E-state index contributed by atoms with van der Waals surface area (Å²) >= 11 is 0. The average Bonchev–Trinajstić information content (AvgIpc) is 2.49. The van der Waals surface area contributed by atoms with E-state index < -0.39 is 0 Å². The molecule has 2 saturated heterocycles. The SMILES string of the molecule is C[C@@H]1C[C@H](C(=O)N2CC(COc3ccccc3)C2)CCN1C. The molecule has 0 saturated carbocycles. The molecule has 1 aromatic rings. The molecule has 0 radical (unpaired) electrons. The van der Waals surface area contributed by atoms with Crippen LogP contribution >= 0.6 is 0 Å². The lowest BCUT2D eigenvalue weighted by Crippen LogP contribution is -2.55. The molecule has 120 valence electrons. The molecular weight excluding hydrogens is 276 g/mol. The van der Waals surface area contributed by atoms with Crippen LogP contribution in [-0.2, 0) is 4.79 Å². The Kier molecular flexibility index (Phi) is 4.67. The summed E-state index contributed by atoms with van der Waals surface area (Å²) in [5.74, 6) is 1.97. The van der Waals surface area contributed by atoms with Crippen LogP contribution < -0.4 is 4.74 Å². The number of para-hydroxylation sites is 1. The van der Waals surface area contributed by atoms with E-state index in [2.05, 4.69) is 18.9 Å². The van der Waals surface area contributed by atoms with Gasteiger partial charge in [-0.1, -0.05) is 18.2 Å². The normalized spacial score (nSPS) is 26.5. The Labute approximate surface area is 133 Å². The number of ether oxygens (including phenoxy) is 1. The molecule has 3 rings (SSSR count). The number of benzene rings is 1. The van der Waals surface area contributed by atoms with Gasteiger partial charge in [-0.2, -0.15) is 0 Å². The van der Waals surface area contributed by atoms with Crippen molar-refractivity contribution >= 4 is 5.91 Å². The van der Waals surface area contributed by atoms with E-state index in [1.165, 1.54) is 0 Å². The monoisotopic (exact) mass is 302 g/mol. The van der Waals surface area contributed by atoms with Crippen molar-refractivity contribution in [3.63, 3.8) is 0 Å². The van der Waals surface area contributed by atoms with Gasteiger partial charge in [-0.25, -0.2) is 0 Å². The van der Waals surface area contributed by atoms with Crippen LogP contribution in [0.3, 0.4) is 0 Å². The molecule has 4 heteroatoms. The van der Waals surface area contributed by atoms with Gasteiger partial charge in [0.25, 0.3) is 0 Å². The van der Waals surface area contributed by atoms with Gasteiger partial charge in [0, 0.05) is 31.0 Å². The molecule has 0 spiro atoms. The van der Waals surface area contributed by atoms with Gasteiger partial charge in [-0.05, 0) is 45.5 Å². The first kappa shape index (κ1) is 15.3. The Morgan fingerprint density at radius 3 is 2.68 bits per heavy atom. The minimum absolute atomic E-state index is 0.224. The fraction of sp³-hybridized carbons (Fsp3) is 0.611. The number of hydrogen-bond donors (Lipinski definition) is 0. The maximum absolute atomic E-state index is 12.5. The molecule has 0 N–H and O–H groups in total. The van der Waals surface area contributed by atoms with Crippen LogP contribution in [-0.4, -0.2) is 55.0 Å². The van der Waals surface area contributed by atoms with Crippen molar-refractivity contribution in [1.29, 1.82) is 0 Å². The summed E-state index contributed by atoms with van der Waals surface area (Å²) in [4.78, 5) is 16.9. The summed E-state index contributed by atoms with van der Waals surface area (Å²) in [6, 6.07) is 10.4. The maximum Gasteiger partial charge on any atom is 0.225 e. The zero-order chi connectivity index (χ0) is 15.5. The van der Waals surface area contributed by atoms with Gasteiger partial charge in [0.2, 0.25) is 5.91 Å². The highest BCUT2D eigenvalue weighted by molar-refractivity contribution is 5.79. The fourth-order valence-corrected chi connectivity index (χ4v) is 3.36. The number of rotatable bonds is 4. The fourth-order valence-electron chi connectivity index (χ4n) is 3.36. The minimum Gasteiger partial charge on any atom is -0.493 e. The van der Waals surface area contributed by atoms with Crippen molar-refractivity contribution in [3.05, 3.63) is 30.3 Å². The largest absolute Gasteiger partial charge is 0.493 e. The topological polar surface area (TPSA) is 32.8 Å². The molecule has 2 fully saturated rings. The quantitative estimate of drug-likeness (QED) is 0.855. The van der Waals surface area contributed by atoms with Crippen LogP contribution in [0.5, 0.6) is 5.75 Å². The van der Waals surface area contributed by atoms with E-state index in [1.54, 1.807) is 0 Å². The lowest BCUT2D eigenvalue weighted by molar-refractivity contribution is -0.144. The maximum atomic E-state index is 12.5. The van der Waals surface area contributed by atoms with Crippen LogP contribution in [0.2, 0.25) is 0 Å². The van der Waals surface area contributed by atoms with Crippen molar-refractivity contribution in [3.8, 4) is 5.75 Å². The van der Waals surface area contributed by atoms with Gasteiger partial charge >= 0.3 is 0 Å². The molecule has 2 aliphatic rings. The Morgan fingerprint density at radius 1 is 1.27 bits per heavy atom. The second-order valence-electron chi connectivity index (χ2n) is 6.78. The Bertz CT molecular complexity index is 499. The average molecular weight is 302 g/mol. The lowest BCUT2D eigenvalue weighted by Gasteiger charge is -2.43. The predicted molar refractivity (Wildman–Crippen MR) is 86.8 cm³/mol. The zero-order valence-electron chi connectivity index (χ0n) is 13.6. The summed E-state index contributed by atoms with van der Waals surface area (Å²) < 4.78 is 5.77.